The van der Waals surface area contributed by atoms with E-state index in [1.807, 2.05) is 52.8 Å². The van der Waals surface area contributed by atoms with Crippen LogP contribution in [0.1, 0.15) is 18.4 Å². The minimum absolute atomic E-state index is 0.00239. The smallest absolute Gasteiger partial charge is 0.260 e. The predicted octanol–water partition coefficient (Wildman–Crippen LogP) is 3.45. The number of benzene rings is 2. The van der Waals surface area contributed by atoms with Crippen LogP contribution in [0.4, 0.5) is 5.69 Å². The Morgan fingerprint density at radius 2 is 1.75 bits per heavy atom. The molecule has 1 aliphatic carbocycles. The molecule has 166 valence electrons. The zero-order valence-electron chi connectivity index (χ0n) is 18.5. The molecule has 2 heterocycles. The van der Waals surface area contributed by atoms with E-state index in [0.29, 0.717) is 24.8 Å². The van der Waals surface area contributed by atoms with Crippen molar-refractivity contribution in [1.29, 1.82) is 0 Å². The molecule has 0 atom stereocenters. The lowest BCUT2D eigenvalue weighted by Gasteiger charge is -2.36. The standard InChI is InChI=1S/C26H29N3O3/c1-19-15-25(30)29(17-20-7-8-20)24-16-22(9-10-23(19)24)32-18-26(31)28-13-11-27(12-14-28)21-5-3-2-4-6-21/h2-6,9-10,15-16,20H,7-8,11-14,17-18H2,1H3. The van der Waals surface area contributed by atoms with E-state index in [1.54, 1.807) is 6.07 Å². The molecule has 0 spiro atoms. The Bertz CT molecular complexity index is 1180. The van der Waals surface area contributed by atoms with Crippen molar-refractivity contribution in [2.24, 2.45) is 5.92 Å². The van der Waals surface area contributed by atoms with Crippen molar-refractivity contribution in [1.82, 2.24) is 9.47 Å². The summed E-state index contributed by atoms with van der Waals surface area (Å²) in [6, 6.07) is 17.8. The molecule has 0 N–H and O–H groups in total. The number of pyridine rings is 1. The summed E-state index contributed by atoms with van der Waals surface area (Å²) in [6.45, 7) is 5.74. The lowest BCUT2D eigenvalue weighted by molar-refractivity contribution is -0.133. The molecule has 6 nitrogen and oxygen atoms in total. The fraction of sp³-hybridized carbons (Fsp3) is 0.385. The van der Waals surface area contributed by atoms with Crippen molar-refractivity contribution in [3.8, 4) is 5.75 Å². The van der Waals surface area contributed by atoms with E-state index in [0.717, 1.165) is 36.1 Å². The van der Waals surface area contributed by atoms with Crippen LogP contribution in [-0.4, -0.2) is 48.2 Å². The number of aromatic nitrogens is 1. The maximum absolute atomic E-state index is 12.7. The van der Waals surface area contributed by atoms with Gasteiger partial charge >= 0.3 is 0 Å². The van der Waals surface area contributed by atoms with Gasteiger partial charge in [0.1, 0.15) is 5.75 Å². The first kappa shape index (κ1) is 20.6. The van der Waals surface area contributed by atoms with Crippen LogP contribution in [0.3, 0.4) is 0 Å². The van der Waals surface area contributed by atoms with Gasteiger partial charge in [-0.15, -0.1) is 0 Å². The molecule has 32 heavy (non-hydrogen) atoms. The Hall–Kier alpha value is -3.28. The molecule has 6 heteroatoms. The van der Waals surface area contributed by atoms with Crippen LogP contribution in [0.15, 0.2) is 59.4 Å². The van der Waals surface area contributed by atoms with Crippen molar-refractivity contribution in [2.75, 3.05) is 37.7 Å². The van der Waals surface area contributed by atoms with Gasteiger partial charge < -0.3 is 19.1 Å². The van der Waals surface area contributed by atoms with Crippen LogP contribution in [0, 0.1) is 12.8 Å². The number of ether oxygens (including phenoxy) is 1. The second kappa shape index (κ2) is 8.69. The first-order chi connectivity index (χ1) is 15.6. The third kappa shape index (κ3) is 4.35. The zero-order chi connectivity index (χ0) is 22.1. The van der Waals surface area contributed by atoms with E-state index >= 15 is 0 Å². The van der Waals surface area contributed by atoms with Gasteiger partial charge in [-0.3, -0.25) is 9.59 Å². The molecule has 0 unspecified atom stereocenters. The fourth-order valence-corrected chi connectivity index (χ4v) is 4.45. The zero-order valence-corrected chi connectivity index (χ0v) is 18.5. The number of para-hydroxylation sites is 1. The van der Waals surface area contributed by atoms with Crippen LogP contribution in [0.25, 0.3) is 10.9 Å². The number of piperazine rings is 1. The number of aryl methyl sites for hydroxylation is 1. The number of carbonyl (C=O) groups excluding carboxylic acids is 1. The van der Waals surface area contributed by atoms with Gasteiger partial charge in [-0.25, -0.2) is 0 Å². The molecule has 2 fully saturated rings. The number of fused-ring (bicyclic) bond motifs is 1. The molecule has 1 saturated carbocycles. The molecule has 1 amide bonds. The number of hydrogen-bond acceptors (Lipinski definition) is 4. The Morgan fingerprint density at radius 3 is 2.47 bits per heavy atom. The van der Waals surface area contributed by atoms with Gasteiger partial charge in [0.2, 0.25) is 0 Å². The number of carbonyl (C=O) groups is 1. The van der Waals surface area contributed by atoms with Crippen molar-refractivity contribution < 1.29 is 9.53 Å². The summed E-state index contributed by atoms with van der Waals surface area (Å²) in [7, 11) is 0. The second-order valence-corrected chi connectivity index (χ2v) is 8.89. The average molecular weight is 432 g/mol. The van der Waals surface area contributed by atoms with Gasteiger partial charge in [0, 0.05) is 55.9 Å². The topological polar surface area (TPSA) is 54.8 Å². The maximum atomic E-state index is 12.7. The highest BCUT2D eigenvalue weighted by atomic mass is 16.5. The fourth-order valence-electron chi connectivity index (χ4n) is 4.45. The largest absolute Gasteiger partial charge is 0.484 e. The van der Waals surface area contributed by atoms with E-state index in [1.165, 1.54) is 18.5 Å². The van der Waals surface area contributed by atoms with Crippen LogP contribution < -0.4 is 15.2 Å². The minimum Gasteiger partial charge on any atom is -0.484 e. The summed E-state index contributed by atoms with van der Waals surface area (Å²) in [4.78, 5) is 29.5. The summed E-state index contributed by atoms with van der Waals surface area (Å²) >= 11 is 0. The van der Waals surface area contributed by atoms with Crippen molar-refractivity contribution >= 4 is 22.5 Å². The summed E-state index contributed by atoms with van der Waals surface area (Å²) in [5.74, 6) is 1.22. The highest BCUT2D eigenvalue weighted by Crippen LogP contribution is 2.32. The lowest BCUT2D eigenvalue weighted by Crippen LogP contribution is -2.50. The molecule has 1 saturated heterocycles. The van der Waals surface area contributed by atoms with Crippen LogP contribution in [-0.2, 0) is 11.3 Å². The van der Waals surface area contributed by atoms with E-state index in [2.05, 4.69) is 17.0 Å². The Labute approximate surface area is 188 Å². The molecule has 2 aliphatic rings. The Balaban J connectivity index is 1.24. The first-order valence-electron chi connectivity index (χ1n) is 11.4. The van der Waals surface area contributed by atoms with Crippen LogP contribution in [0.2, 0.25) is 0 Å². The van der Waals surface area contributed by atoms with Crippen LogP contribution in [0.5, 0.6) is 5.75 Å². The summed E-state index contributed by atoms with van der Waals surface area (Å²) < 4.78 is 7.73. The highest BCUT2D eigenvalue weighted by molar-refractivity contribution is 5.84. The van der Waals surface area contributed by atoms with Crippen molar-refractivity contribution in [2.45, 2.75) is 26.3 Å². The van der Waals surface area contributed by atoms with Crippen LogP contribution >= 0.6 is 0 Å². The van der Waals surface area contributed by atoms with Gasteiger partial charge in [-0.1, -0.05) is 18.2 Å². The molecular formula is C26H29N3O3. The SMILES string of the molecule is Cc1cc(=O)n(CC2CC2)c2cc(OCC(=O)N3CCN(c4ccccc4)CC3)ccc12. The highest BCUT2D eigenvalue weighted by Gasteiger charge is 2.24. The van der Waals surface area contributed by atoms with Gasteiger partial charge in [0.05, 0.1) is 5.52 Å². The third-order valence-electron chi connectivity index (χ3n) is 6.54. The summed E-state index contributed by atoms with van der Waals surface area (Å²) in [6.07, 6.45) is 2.37. The Morgan fingerprint density at radius 1 is 1.00 bits per heavy atom. The quantitative estimate of drug-likeness (QED) is 0.600. The van der Waals surface area contributed by atoms with Gasteiger partial charge in [-0.05, 0) is 55.5 Å². The third-order valence-corrected chi connectivity index (χ3v) is 6.54. The normalized spacial score (nSPS) is 16.4. The minimum atomic E-state index is -0.00239. The molecule has 1 aliphatic heterocycles. The molecule has 5 rings (SSSR count). The molecular weight excluding hydrogens is 402 g/mol. The number of anilines is 1. The van der Waals surface area contributed by atoms with E-state index < -0.39 is 0 Å². The number of rotatable bonds is 6. The van der Waals surface area contributed by atoms with E-state index in [4.69, 9.17) is 4.74 Å². The molecule has 0 radical (unpaired) electrons. The van der Waals surface area contributed by atoms with Crippen molar-refractivity contribution in [3.63, 3.8) is 0 Å². The average Bonchev–Trinajstić information content (AvgIpc) is 3.65. The van der Waals surface area contributed by atoms with Gasteiger partial charge in [-0.2, -0.15) is 0 Å². The maximum Gasteiger partial charge on any atom is 0.260 e. The molecule has 1 aromatic heterocycles. The lowest BCUT2D eigenvalue weighted by atomic mass is 10.1. The second-order valence-electron chi connectivity index (χ2n) is 8.89. The van der Waals surface area contributed by atoms with E-state index in [9.17, 15) is 9.59 Å². The predicted molar refractivity (Wildman–Crippen MR) is 126 cm³/mol. The molecule has 3 aromatic rings. The summed E-state index contributed by atoms with van der Waals surface area (Å²) in [5.41, 5.74) is 3.09. The molecule has 2 aromatic carbocycles. The number of nitrogens with zero attached hydrogens (tertiary/aromatic N) is 3. The summed E-state index contributed by atoms with van der Waals surface area (Å²) in [5, 5.41) is 1.06. The Kier molecular flexibility index (Phi) is 5.60. The monoisotopic (exact) mass is 431 g/mol. The van der Waals surface area contributed by atoms with Crippen molar-refractivity contribution in [3.05, 3.63) is 70.5 Å². The number of amides is 1. The first-order valence-corrected chi connectivity index (χ1v) is 11.4. The number of hydrogen-bond donors (Lipinski definition) is 0. The van der Waals surface area contributed by atoms with E-state index in [-0.39, 0.29) is 18.1 Å². The van der Waals surface area contributed by atoms with Gasteiger partial charge in [0.15, 0.2) is 6.61 Å². The molecule has 0 bridgehead atoms. The van der Waals surface area contributed by atoms with Gasteiger partial charge in [0.25, 0.3) is 11.5 Å².